The molecule has 2 rings (SSSR count). The van der Waals surface area contributed by atoms with E-state index in [0.29, 0.717) is 11.5 Å². The van der Waals surface area contributed by atoms with Crippen LogP contribution in [0.25, 0.3) is 0 Å². The molecule has 1 aromatic heterocycles. The van der Waals surface area contributed by atoms with Gasteiger partial charge >= 0.3 is 0 Å². The molecule has 0 bridgehead atoms. The van der Waals surface area contributed by atoms with Gasteiger partial charge in [0.05, 0.1) is 11.6 Å². The Morgan fingerprint density at radius 3 is 2.82 bits per heavy atom. The lowest BCUT2D eigenvalue weighted by atomic mass is 9.84. The van der Waals surface area contributed by atoms with Gasteiger partial charge in [0.15, 0.2) is 0 Å². The molecule has 0 saturated heterocycles. The van der Waals surface area contributed by atoms with E-state index in [1.807, 2.05) is 10.8 Å². The third kappa shape index (κ3) is 3.07. The van der Waals surface area contributed by atoms with Crippen molar-refractivity contribution in [3.8, 4) is 6.07 Å². The summed E-state index contributed by atoms with van der Waals surface area (Å²) in [6.07, 6.45) is 5.73. The van der Waals surface area contributed by atoms with Gasteiger partial charge in [-0.1, -0.05) is 19.3 Å². The monoisotopic (exact) mass is 248 g/mol. The number of carbonyl (C=O) groups is 1. The van der Waals surface area contributed by atoms with E-state index in [2.05, 4.69) is 11.4 Å². The van der Waals surface area contributed by atoms with Crippen molar-refractivity contribution in [1.29, 1.82) is 5.26 Å². The quantitative estimate of drug-likeness (QED) is 0.894. The van der Waals surface area contributed by atoms with E-state index in [0.717, 1.165) is 12.8 Å². The van der Waals surface area contributed by atoms with Crippen molar-refractivity contribution >= 4 is 17.2 Å². The Balaban J connectivity index is 1.95. The van der Waals surface area contributed by atoms with Gasteiger partial charge in [-0.3, -0.25) is 4.79 Å². The second-order valence-corrected chi connectivity index (χ2v) is 5.27. The van der Waals surface area contributed by atoms with Gasteiger partial charge in [-0.25, -0.2) is 0 Å². The highest BCUT2D eigenvalue weighted by Crippen LogP contribution is 2.26. The smallest absolute Gasteiger partial charge is 0.253 e. The number of carbonyl (C=O) groups excluding carboxylic acids is 1. The van der Waals surface area contributed by atoms with Crippen LogP contribution in [0.5, 0.6) is 0 Å². The fourth-order valence-corrected chi connectivity index (χ4v) is 2.98. The van der Waals surface area contributed by atoms with Gasteiger partial charge in [0.1, 0.15) is 6.04 Å². The molecule has 1 amide bonds. The lowest BCUT2D eigenvalue weighted by Gasteiger charge is -2.26. The highest BCUT2D eigenvalue weighted by Gasteiger charge is 2.25. The maximum absolute atomic E-state index is 11.9. The first-order valence-electron chi connectivity index (χ1n) is 6.04. The third-order valence-electron chi connectivity index (χ3n) is 3.33. The first kappa shape index (κ1) is 12.1. The SMILES string of the molecule is N#CC(NC(=O)c1ccsc1)C1CCCCC1. The molecule has 1 saturated carbocycles. The molecule has 1 aliphatic rings. The summed E-state index contributed by atoms with van der Waals surface area (Å²) in [7, 11) is 0. The molecule has 1 unspecified atom stereocenters. The zero-order valence-corrected chi connectivity index (χ0v) is 10.5. The third-order valence-corrected chi connectivity index (χ3v) is 4.01. The molecule has 90 valence electrons. The van der Waals surface area contributed by atoms with Gasteiger partial charge < -0.3 is 5.32 Å². The highest BCUT2D eigenvalue weighted by atomic mass is 32.1. The van der Waals surface area contributed by atoms with Gasteiger partial charge in [0, 0.05) is 5.38 Å². The summed E-state index contributed by atoms with van der Waals surface area (Å²) in [5.41, 5.74) is 0.658. The normalized spacial score (nSPS) is 18.3. The molecule has 1 fully saturated rings. The van der Waals surface area contributed by atoms with Crippen LogP contribution in [0.3, 0.4) is 0 Å². The number of hydrogen-bond acceptors (Lipinski definition) is 3. The molecule has 0 aliphatic heterocycles. The number of rotatable bonds is 3. The van der Waals surface area contributed by atoms with Gasteiger partial charge in [0.25, 0.3) is 5.91 Å². The average molecular weight is 248 g/mol. The van der Waals surface area contributed by atoms with Crippen molar-refractivity contribution in [2.75, 3.05) is 0 Å². The molecular weight excluding hydrogens is 232 g/mol. The van der Waals surface area contributed by atoms with Crippen molar-refractivity contribution in [3.05, 3.63) is 22.4 Å². The minimum atomic E-state index is -0.331. The van der Waals surface area contributed by atoms with Crippen molar-refractivity contribution in [3.63, 3.8) is 0 Å². The Labute approximate surface area is 105 Å². The first-order valence-corrected chi connectivity index (χ1v) is 6.98. The minimum Gasteiger partial charge on any atom is -0.336 e. The van der Waals surface area contributed by atoms with Gasteiger partial charge in [-0.2, -0.15) is 16.6 Å². The molecule has 1 atom stereocenters. The largest absolute Gasteiger partial charge is 0.336 e. The zero-order valence-electron chi connectivity index (χ0n) is 9.69. The Morgan fingerprint density at radius 2 is 2.24 bits per heavy atom. The highest BCUT2D eigenvalue weighted by molar-refractivity contribution is 7.08. The summed E-state index contributed by atoms with van der Waals surface area (Å²) in [4.78, 5) is 11.9. The number of nitrogens with zero attached hydrogens (tertiary/aromatic N) is 1. The van der Waals surface area contributed by atoms with Crippen LogP contribution < -0.4 is 5.32 Å². The van der Waals surface area contributed by atoms with Crippen LogP contribution >= 0.6 is 11.3 Å². The van der Waals surface area contributed by atoms with Crippen LogP contribution in [0.1, 0.15) is 42.5 Å². The lowest BCUT2D eigenvalue weighted by Crippen LogP contribution is -2.39. The molecule has 1 N–H and O–H groups in total. The van der Waals surface area contributed by atoms with Crippen LogP contribution in [-0.4, -0.2) is 11.9 Å². The molecule has 4 heteroatoms. The van der Waals surface area contributed by atoms with E-state index >= 15 is 0 Å². The summed E-state index contributed by atoms with van der Waals surface area (Å²) in [5, 5.41) is 15.7. The summed E-state index contributed by atoms with van der Waals surface area (Å²) >= 11 is 1.49. The first-order chi connectivity index (χ1) is 8.31. The van der Waals surface area contributed by atoms with Crippen LogP contribution in [0.2, 0.25) is 0 Å². The second kappa shape index (κ2) is 5.83. The van der Waals surface area contributed by atoms with E-state index in [1.54, 1.807) is 6.07 Å². The minimum absolute atomic E-state index is 0.122. The summed E-state index contributed by atoms with van der Waals surface area (Å²) in [6.45, 7) is 0. The van der Waals surface area contributed by atoms with Crippen molar-refractivity contribution in [1.82, 2.24) is 5.32 Å². The molecule has 3 nitrogen and oxygen atoms in total. The fraction of sp³-hybridized carbons (Fsp3) is 0.538. The van der Waals surface area contributed by atoms with Gasteiger partial charge in [-0.05, 0) is 30.2 Å². The molecular formula is C13H16N2OS. The average Bonchev–Trinajstić information content (AvgIpc) is 2.90. The van der Waals surface area contributed by atoms with E-state index in [9.17, 15) is 4.79 Å². The van der Waals surface area contributed by atoms with Crippen molar-refractivity contribution < 1.29 is 4.79 Å². The molecule has 1 heterocycles. The molecule has 1 aromatic rings. The van der Waals surface area contributed by atoms with Crippen molar-refractivity contribution in [2.24, 2.45) is 5.92 Å². The van der Waals surface area contributed by atoms with E-state index < -0.39 is 0 Å². The Bertz CT molecular complexity index is 402. The lowest BCUT2D eigenvalue weighted by molar-refractivity contribution is 0.0929. The maximum Gasteiger partial charge on any atom is 0.253 e. The Morgan fingerprint density at radius 1 is 1.47 bits per heavy atom. The molecule has 1 aliphatic carbocycles. The predicted octanol–water partition coefficient (Wildman–Crippen LogP) is 2.95. The molecule has 0 spiro atoms. The van der Waals surface area contributed by atoms with Crippen LogP contribution in [0.4, 0.5) is 0 Å². The van der Waals surface area contributed by atoms with E-state index in [4.69, 9.17) is 5.26 Å². The standard InChI is InChI=1S/C13H16N2OS/c14-8-12(10-4-2-1-3-5-10)15-13(16)11-6-7-17-9-11/h6-7,9-10,12H,1-5H2,(H,15,16). The predicted molar refractivity (Wildman–Crippen MR) is 67.8 cm³/mol. The van der Waals surface area contributed by atoms with Gasteiger partial charge in [0.2, 0.25) is 0 Å². The van der Waals surface area contributed by atoms with E-state index in [-0.39, 0.29) is 11.9 Å². The van der Waals surface area contributed by atoms with E-state index in [1.165, 1.54) is 30.6 Å². The summed E-state index contributed by atoms with van der Waals surface area (Å²) < 4.78 is 0. The number of nitriles is 1. The molecule has 0 aromatic carbocycles. The second-order valence-electron chi connectivity index (χ2n) is 4.49. The number of amides is 1. The summed E-state index contributed by atoms with van der Waals surface area (Å²) in [5.74, 6) is 0.208. The Hall–Kier alpha value is -1.34. The topological polar surface area (TPSA) is 52.9 Å². The van der Waals surface area contributed by atoms with Crippen LogP contribution in [0, 0.1) is 17.2 Å². The fourth-order valence-electron chi connectivity index (χ4n) is 2.34. The number of thiophene rings is 1. The molecule has 0 radical (unpaired) electrons. The zero-order chi connectivity index (χ0) is 12.1. The number of hydrogen-bond donors (Lipinski definition) is 1. The number of nitrogens with one attached hydrogen (secondary N) is 1. The van der Waals surface area contributed by atoms with Crippen LogP contribution in [-0.2, 0) is 0 Å². The Kier molecular flexibility index (Phi) is 4.16. The molecule has 17 heavy (non-hydrogen) atoms. The van der Waals surface area contributed by atoms with Gasteiger partial charge in [-0.15, -0.1) is 0 Å². The summed E-state index contributed by atoms with van der Waals surface area (Å²) in [6, 6.07) is 3.69. The van der Waals surface area contributed by atoms with Crippen molar-refractivity contribution in [2.45, 2.75) is 38.1 Å². The maximum atomic E-state index is 11.9. The van der Waals surface area contributed by atoms with Crippen LogP contribution in [0.15, 0.2) is 16.8 Å².